The van der Waals surface area contributed by atoms with Gasteiger partial charge in [0.1, 0.15) is 12.0 Å². The van der Waals surface area contributed by atoms with E-state index in [2.05, 4.69) is 0 Å². The van der Waals surface area contributed by atoms with Crippen LogP contribution < -0.4 is 4.74 Å². The number of methoxy groups -OCH3 is 1. The summed E-state index contributed by atoms with van der Waals surface area (Å²) in [4.78, 5) is 10.6. The van der Waals surface area contributed by atoms with Gasteiger partial charge in [-0.05, 0) is 24.1 Å². The Labute approximate surface area is 82.5 Å². The molecule has 0 fully saturated rings. The Morgan fingerprint density at radius 2 is 2.23 bits per heavy atom. The van der Waals surface area contributed by atoms with Crippen molar-refractivity contribution in [1.82, 2.24) is 0 Å². The Hall–Kier alpha value is -1.02. The maximum absolute atomic E-state index is 10.6. The van der Waals surface area contributed by atoms with Crippen LogP contribution in [0.5, 0.6) is 5.75 Å². The van der Waals surface area contributed by atoms with Crippen LogP contribution >= 0.6 is 11.6 Å². The van der Waals surface area contributed by atoms with Gasteiger partial charge >= 0.3 is 0 Å². The lowest BCUT2D eigenvalue weighted by Crippen LogP contribution is -1.93. The first-order chi connectivity index (χ1) is 6.22. The average molecular weight is 199 g/mol. The van der Waals surface area contributed by atoms with Crippen molar-refractivity contribution in [3.05, 3.63) is 28.3 Å². The number of hydrogen-bond acceptors (Lipinski definition) is 2. The van der Waals surface area contributed by atoms with Gasteiger partial charge in [-0.3, -0.25) is 4.79 Å². The number of benzene rings is 1. The van der Waals surface area contributed by atoms with Crippen molar-refractivity contribution in [2.45, 2.75) is 13.3 Å². The van der Waals surface area contributed by atoms with Gasteiger partial charge in [-0.1, -0.05) is 18.5 Å². The molecule has 0 heterocycles. The number of rotatable bonds is 3. The molecule has 0 saturated heterocycles. The van der Waals surface area contributed by atoms with E-state index in [1.54, 1.807) is 19.2 Å². The van der Waals surface area contributed by atoms with Crippen LogP contribution in [0.4, 0.5) is 0 Å². The molecule has 0 aliphatic rings. The maximum atomic E-state index is 10.6. The highest BCUT2D eigenvalue weighted by Crippen LogP contribution is 2.27. The van der Waals surface area contributed by atoms with E-state index >= 15 is 0 Å². The van der Waals surface area contributed by atoms with Crippen molar-refractivity contribution in [1.29, 1.82) is 0 Å². The summed E-state index contributed by atoms with van der Waals surface area (Å²) < 4.78 is 5.04. The molecule has 0 amide bonds. The molecule has 0 spiro atoms. The van der Waals surface area contributed by atoms with Crippen LogP contribution in [0, 0.1) is 0 Å². The van der Waals surface area contributed by atoms with Crippen molar-refractivity contribution in [2.24, 2.45) is 0 Å². The molecule has 0 saturated carbocycles. The van der Waals surface area contributed by atoms with Gasteiger partial charge in [-0.25, -0.2) is 0 Å². The summed E-state index contributed by atoms with van der Waals surface area (Å²) in [6.45, 7) is 1.98. The van der Waals surface area contributed by atoms with Crippen molar-refractivity contribution in [3.8, 4) is 5.75 Å². The predicted molar refractivity (Wildman–Crippen MR) is 52.8 cm³/mol. The molecule has 0 aliphatic carbocycles. The second-order valence-corrected chi connectivity index (χ2v) is 3.06. The second-order valence-electron chi connectivity index (χ2n) is 2.66. The molecule has 70 valence electrons. The fraction of sp³-hybridized carbons (Fsp3) is 0.300. The number of aryl methyl sites for hydroxylation is 1. The molecule has 1 aromatic rings. The normalized spacial score (nSPS) is 9.77. The zero-order chi connectivity index (χ0) is 9.84. The lowest BCUT2D eigenvalue weighted by molar-refractivity contribution is 0.112. The fourth-order valence-electron chi connectivity index (χ4n) is 1.18. The zero-order valence-corrected chi connectivity index (χ0v) is 8.39. The molecular weight excluding hydrogens is 188 g/mol. The van der Waals surface area contributed by atoms with E-state index in [0.29, 0.717) is 16.3 Å². The SMILES string of the molecule is CCc1cc(OC)c(Cl)cc1C=O. The molecule has 0 aromatic heterocycles. The Morgan fingerprint density at radius 3 is 2.69 bits per heavy atom. The molecule has 1 rings (SSSR count). The van der Waals surface area contributed by atoms with E-state index in [-0.39, 0.29) is 0 Å². The summed E-state index contributed by atoms with van der Waals surface area (Å²) in [6.07, 6.45) is 1.60. The number of carbonyl (C=O) groups excluding carboxylic acids is 1. The van der Waals surface area contributed by atoms with Gasteiger partial charge < -0.3 is 4.74 Å². The van der Waals surface area contributed by atoms with E-state index in [1.165, 1.54) is 0 Å². The van der Waals surface area contributed by atoms with E-state index in [1.807, 2.05) is 6.92 Å². The molecule has 0 bridgehead atoms. The van der Waals surface area contributed by atoms with E-state index in [0.717, 1.165) is 18.3 Å². The van der Waals surface area contributed by atoms with Crippen LogP contribution in [0.2, 0.25) is 5.02 Å². The van der Waals surface area contributed by atoms with Gasteiger partial charge in [-0.15, -0.1) is 0 Å². The van der Waals surface area contributed by atoms with E-state index < -0.39 is 0 Å². The minimum Gasteiger partial charge on any atom is -0.495 e. The van der Waals surface area contributed by atoms with Crippen LogP contribution in [0.15, 0.2) is 12.1 Å². The highest BCUT2D eigenvalue weighted by molar-refractivity contribution is 6.32. The predicted octanol–water partition coefficient (Wildman–Crippen LogP) is 2.72. The summed E-state index contributed by atoms with van der Waals surface area (Å²) in [5.41, 5.74) is 1.59. The second kappa shape index (κ2) is 4.28. The average Bonchev–Trinajstić information content (AvgIpc) is 2.17. The monoisotopic (exact) mass is 198 g/mol. The topological polar surface area (TPSA) is 26.3 Å². The first-order valence-electron chi connectivity index (χ1n) is 4.04. The Morgan fingerprint density at radius 1 is 1.54 bits per heavy atom. The number of aldehydes is 1. The third kappa shape index (κ3) is 2.01. The molecule has 0 aliphatic heterocycles. The minimum absolute atomic E-state index is 0.474. The first-order valence-corrected chi connectivity index (χ1v) is 4.42. The van der Waals surface area contributed by atoms with Crippen LogP contribution in [0.25, 0.3) is 0 Å². The summed E-state index contributed by atoms with van der Waals surface area (Å²) in [5.74, 6) is 0.615. The van der Waals surface area contributed by atoms with Crippen molar-refractivity contribution in [2.75, 3.05) is 7.11 Å². The summed E-state index contributed by atoms with van der Waals surface area (Å²) in [6, 6.07) is 3.43. The van der Waals surface area contributed by atoms with Gasteiger partial charge in [0.05, 0.1) is 12.1 Å². The van der Waals surface area contributed by atoms with Crippen LogP contribution in [-0.2, 0) is 6.42 Å². The van der Waals surface area contributed by atoms with Gasteiger partial charge in [0, 0.05) is 5.56 Å². The Kier molecular flexibility index (Phi) is 3.32. The Bertz CT molecular complexity index is 321. The summed E-state index contributed by atoms with van der Waals surface area (Å²) >= 11 is 5.85. The standard InChI is InChI=1S/C10H11ClO2/c1-3-7-5-10(13-2)9(11)4-8(7)6-12/h4-6H,3H2,1-2H3. The molecular formula is C10H11ClO2. The smallest absolute Gasteiger partial charge is 0.150 e. The van der Waals surface area contributed by atoms with Gasteiger partial charge in [0.2, 0.25) is 0 Å². The minimum atomic E-state index is 0.474. The molecule has 0 N–H and O–H groups in total. The molecule has 0 radical (unpaired) electrons. The lowest BCUT2D eigenvalue weighted by Gasteiger charge is -2.07. The molecule has 13 heavy (non-hydrogen) atoms. The maximum Gasteiger partial charge on any atom is 0.150 e. The number of halogens is 1. The fourth-order valence-corrected chi connectivity index (χ4v) is 1.43. The van der Waals surface area contributed by atoms with Crippen LogP contribution in [0.3, 0.4) is 0 Å². The van der Waals surface area contributed by atoms with E-state index in [4.69, 9.17) is 16.3 Å². The first kappa shape index (κ1) is 10.1. The van der Waals surface area contributed by atoms with E-state index in [9.17, 15) is 4.79 Å². The number of hydrogen-bond donors (Lipinski definition) is 0. The largest absolute Gasteiger partial charge is 0.495 e. The van der Waals surface area contributed by atoms with Crippen molar-refractivity contribution < 1.29 is 9.53 Å². The van der Waals surface area contributed by atoms with Crippen LogP contribution in [0.1, 0.15) is 22.8 Å². The molecule has 0 unspecified atom stereocenters. The van der Waals surface area contributed by atoms with Crippen molar-refractivity contribution in [3.63, 3.8) is 0 Å². The quantitative estimate of drug-likeness (QED) is 0.699. The highest BCUT2D eigenvalue weighted by atomic mass is 35.5. The third-order valence-electron chi connectivity index (χ3n) is 1.92. The molecule has 3 heteroatoms. The zero-order valence-electron chi connectivity index (χ0n) is 7.63. The number of ether oxygens (including phenoxy) is 1. The van der Waals surface area contributed by atoms with Gasteiger partial charge in [-0.2, -0.15) is 0 Å². The number of carbonyl (C=O) groups is 1. The molecule has 2 nitrogen and oxygen atoms in total. The molecule has 1 aromatic carbocycles. The highest BCUT2D eigenvalue weighted by Gasteiger charge is 2.06. The third-order valence-corrected chi connectivity index (χ3v) is 2.22. The lowest BCUT2D eigenvalue weighted by atomic mass is 10.1. The molecule has 0 atom stereocenters. The summed E-state index contributed by atoms with van der Waals surface area (Å²) in [5, 5.41) is 0.474. The van der Waals surface area contributed by atoms with Crippen molar-refractivity contribution >= 4 is 17.9 Å². The summed E-state index contributed by atoms with van der Waals surface area (Å²) in [7, 11) is 1.56. The van der Waals surface area contributed by atoms with Crippen LogP contribution in [-0.4, -0.2) is 13.4 Å². The Balaban J connectivity index is 3.26. The van der Waals surface area contributed by atoms with Gasteiger partial charge in [0.15, 0.2) is 0 Å². The van der Waals surface area contributed by atoms with Gasteiger partial charge in [0.25, 0.3) is 0 Å².